The molecule has 1 aliphatic rings. The highest BCUT2D eigenvalue weighted by Gasteiger charge is 2.17. The Balaban J connectivity index is 2.18. The van der Waals surface area contributed by atoms with Crippen LogP contribution < -0.4 is 15.8 Å². The van der Waals surface area contributed by atoms with Crippen LogP contribution in [0.4, 0.5) is 5.69 Å². The number of primary sulfonamides is 1. The minimum absolute atomic E-state index is 0.141. The van der Waals surface area contributed by atoms with Gasteiger partial charge in [0.25, 0.3) is 0 Å². The standard InChI is InChI=1S/C11H17N3O2S/c12-9-2-1-7-14(8-9)10-3-5-11(6-4-10)17(13,15)16/h3-6,9H,1-2,7-8,12H2,(H2,13,15,16)/t9-/m1/s1. The molecule has 0 unspecified atom stereocenters. The summed E-state index contributed by atoms with van der Waals surface area (Å²) in [5.41, 5.74) is 6.90. The first kappa shape index (κ1) is 12.3. The average Bonchev–Trinajstić information content (AvgIpc) is 2.28. The van der Waals surface area contributed by atoms with Gasteiger partial charge in [-0.2, -0.15) is 0 Å². The molecule has 6 heteroatoms. The van der Waals surface area contributed by atoms with E-state index >= 15 is 0 Å². The van der Waals surface area contributed by atoms with Crippen LogP contribution in [0, 0.1) is 0 Å². The van der Waals surface area contributed by atoms with Crippen molar-refractivity contribution in [2.45, 2.75) is 23.8 Å². The van der Waals surface area contributed by atoms with E-state index in [2.05, 4.69) is 4.90 Å². The SMILES string of the molecule is N[C@@H]1CCCN(c2ccc(S(N)(=O)=O)cc2)C1. The van der Waals surface area contributed by atoms with Gasteiger partial charge in [-0.25, -0.2) is 13.6 Å². The van der Waals surface area contributed by atoms with Gasteiger partial charge in [0.2, 0.25) is 10.0 Å². The third-order valence-corrected chi connectivity index (χ3v) is 3.92. The van der Waals surface area contributed by atoms with Crippen molar-refractivity contribution < 1.29 is 8.42 Å². The number of hydrogen-bond donors (Lipinski definition) is 2. The van der Waals surface area contributed by atoms with Gasteiger partial charge in [0, 0.05) is 24.8 Å². The lowest BCUT2D eigenvalue weighted by Gasteiger charge is -2.32. The van der Waals surface area contributed by atoms with E-state index in [0.717, 1.165) is 31.6 Å². The summed E-state index contributed by atoms with van der Waals surface area (Å²) in [5, 5.41) is 5.05. The topological polar surface area (TPSA) is 89.4 Å². The second-order valence-electron chi connectivity index (χ2n) is 4.39. The van der Waals surface area contributed by atoms with Crippen LogP contribution in [0.5, 0.6) is 0 Å². The van der Waals surface area contributed by atoms with Gasteiger partial charge >= 0.3 is 0 Å². The summed E-state index contributed by atoms with van der Waals surface area (Å²) in [5.74, 6) is 0. The number of rotatable bonds is 2. The first-order valence-electron chi connectivity index (χ1n) is 5.60. The number of nitrogens with two attached hydrogens (primary N) is 2. The van der Waals surface area contributed by atoms with Crippen LogP contribution >= 0.6 is 0 Å². The Hall–Kier alpha value is -1.11. The summed E-state index contributed by atoms with van der Waals surface area (Å²) in [6.45, 7) is 1.77. The lowest BCUT2D eigenvalue weighted by atomic mass is 10.1. The van der Waals surface area contributed by atoms with Crippen LogP contribution in [-0.2, 0) is 10.0 Å². The van der Waals surface area contributed by atoms with Crippen molar-refractivity contribution in [1.29, 1.82) is 0 Å². The molecule has 1 heterocycles. The fraction of sp³-hybridized carbons (Fsp3) is 0.455. The molecule has 0 spiro atoms. The zero-order valence-corrected chi connectivity index (χ0v) is 10.4. The number of hydrogen-bond acceptors (Lipinski definition) is 4. The highest BCUT2D eigenvalue weighted by molar-refractivity contribution is 7.89. The van der Waals surface area contributed by atoms with Gasteiger partial charge < -0.3 is 10.6 Å². The number of nitrogens with zero attached hydrogens (tertiary/aromatic N) is 1. The van der Waals surface area contributed by atoms with E-state index in [1.54, 1.807) is 12.1 Å². The van der Waals surface area contributed by atoms with Gasteiger partial charge in [-0.1, -0.05) is 0 Å². The molecule has 4 N–H and O–H groups in total. The van der Waals surface area contributed by atoms with Crippen LogP contribution in [0.25, 0.3) is 0 Å². The minimum Gasteiger partial charge on any atom is -0.370 e. The monoisotopic (exact) mass is 255 g/mol. The van der Waals surface area contributed by atoms with Crippen molar-refractivity contribution in [1.82, 2.24) is 0 Å². The molecule has 0 aliphatic carbocycles. The van der Waals surface area contributed by atoms with Crippen molar-refractivity contribution in [3.63, 3.8) is 0 Å². The van der Waals surface area contributed by atoms with Gasteiger partial charge in [-0.05, 0) is 37.1 Å². The van der Waals surface area contributed by atoms with E-state index in [4.69, 9.17) is 10.9 Å². The van der Waals surface area contributed by atoms with Crippen molar-refractivity contribution in [2.24, 2.45) is 10.9 Å². The Kier molecular flexibility index (Phi) is 3.37. The van der Waals surface area contributed by atoms with Crippen LogP contribution in [0.2, 0.25) is 0 Å². The smallest absolute Gasteiger partial charge is 0.238 e. The third-order valence-electron chi connectivity index (χ3n) is 2.99. The first-order valence-corrected chi connectivity index (χ1v) is 7.15. The molecule has 1 aromatic rings. The van der Waals surface area contributed by atoms with Crippen molar-refractivity contribution in [3.05, 3.63) is 24.3 Å². The normalized spacial score (nSPS) is 21.5. The maximum absolute atomic E-state index is 11.1. The molecule has 17 heavy (non-hydrogen) atoms. The molecular weight excluding hydrogens is 238 g/mol. The number of piperidine rings is 1. The van der Waals surface area contributed by atoms with Crippen LogP contribution in [0.15, 0.2) is 29.2 Å². The zero-order chi connectivity index (χ0) is 12.5. The summed E-state index contributed by atoms with van der Waals surface area (Å²) >= 11 is 0. The Labute approximate surface area is 101 Å². The number of sulfonamides is 1. The fourth-order valence-electron chi connectivity index (χ4n) is 2.09. The molecule has 1 fully saturated rings. The summed E-state index contributed by atoms with van der Waals surface area (Å²) in [6, 6.07) is 6.81. The van der Waals surface area contributed by atoms with Gasteiger partial charge in [0.15, 0.2) is 0 Å². The molecule has 0 radical (unpaired) electrons. The molecule has 0 saturated carbocycles. The first-order chi connectivity index (χ1) is 7.97. The zero-order valence-electron chi connectivity index (χ0n) is 9.54. The Morgan fingerprint density at radius 3 is 2.41 bits per heavy atom. The summed E-state index contributed by atoms with van der Waals surface area (Å²) in [4.78, 5) is 2.31. The number of benzene rings is 1. The van der Waals surface area contributed by atoms with Crippen molar-refractivity contribution in [2.75, 3.05) is 18.0 Å². The lowest BCUT2D eigenvalue weighted by molar-refractivity contribution is 0.506. The highest BCUT2D eigenvalue weighted by Crippen LogP contribution is 2.20. The van der Waals surface area contributed by atoms with Gasteiger partial charge in [0.1, 0.15) is 0 Å². The molecule has 1 saturated heterocycles. The minimum atomic E-state index is -3.60. The highest BCUT2D eigenvalue weighted by atomic mass is 32.2. The molecule has 0 amide bonds. The average molecular weight is 255 g/mol. The Morgan fingerprint density at radius 2 is 1.88 bits per heavy atom. The molecule has 5 nitrogen and oxygen atoms in total. The fourth-order valence-corrected chi connectivity index (χ4v) is 2.61. The summed E-state index contributed by atoms with van der Waals surface area (Å²) < 4.78 is 22.2. The van der Waals surface area contributed by atoms with E-state index in [1.165, 1.54) is 12.1 Å². The van der Waals surface area contributed by atoms with E-state index in [0.29, 0.717) is 0 Å². The summed E-state index contributed by atoms with van der Waals surface area (Å²) in [6.07, 6.45) is 2.11. The van der Waals surface area contributed by atoms with Crippen LogP contribution in [-0.4, -0.2) is 27.5 Å². The largest absolute Gasteiger partial charge is 0.370 e. The molecule has 94 valence electrons. The molecule has 0 aromatic heterocycles. The molecule has 1 aromatic carbocycles. The predicted molar refractivity (Wildman–Crippen MR) is 67.2 cm³/mol. The second-order valence-corrected chi connectivity index (χ2v) is 5.95. The second kappa shape index (κ2) is 4.64. The molecule has 2 rings (SSSR count). The third kappa shape index (κ3) is 2.96. The van der Waals surface area contributed by atoms with Gasteiger partial charge in [-0.3, -0.25) is 0 Å². The lowest BCUT2D eigenvalue weighted by Crippen LogP contribution is -2.42. The molecular formula is C11H17N3O2S. The van der Waals surface area contributed by atoms with E-state index in [1.807, 2.05) is 0 Å². The molecule has 1 atom stereocenters. The van der Waals surface area contributed by atoms with E-state index in [-0.39, 0.29) is 10.9 Å². The quantitative estimate of drug-likeness (QED) is 0.793. The van der Waals surface area contributed by atoms with Gasteiger partial charge in [0.05, 0.1) is 4.90 Å². The number of anilines is 1. The maximum atomic E-state index is 11.1. The summed E-state index contributed by atoms with van der Waals surface area (Å²) in [7, 11) is -3.60. The van der Waals surface area contributed by atoms with Crippen molar-refractivity contribution >= 4 is 15.7 Å². The van der Waals surface area contributed by atoms with E-state index < -0.39 is 10.0 Å². The van der Waals surface area contributed by atoms with Gasteiger partial charge in [-0.15, -0.1) is 0 Å². The van der Waals surface area contributed by atoms with Crippen LogP contribution in [0.1, 0.15) is 12.8 Å². The van der Waals surface area contributed by atoms with Crippen LogP contribution in [0.3, 0.4) is 0 Å². The van der Waals surface area contributed by atoms with Crippen molar-refractivity contribution in [3.8, 4) is 0 Å². The Bertz CT molecular complexity index is 484. The Morgan fingerprint density at radius 1 is 1.24 bits per heavy atom. The molecule has 0 bridgehead atoms. The predicted octanol–water partition coefficient (Wildman–Crippen LogP) is 0.262. The molecule has 1 aliphatic heterocycles. The maximum Gasteiger partial charge on any atom is 0.238 e. The van der Waals surface area contributed by atoms with E-state index in [9.17, 15) is 8.42 Å².